The molecule has 100 valence electrons. The van der Waals surface area contributed by atoms with E-state index < -0.39 is 0 Å². The van der Waals surface area contributed by atoms with Crippen LogP contribution in [0.2, 0.25) is 0 Å². The van der Waals surface area contributed by atoms with Crippen molar-refractivity contribution in [1.29, 1.82) is 0 Å². The fraction of sp³-hybridized carbons (Fsp3) is 0.500. The monoisotopic (exact) mass is 252 g/mol. The van der Waals surface area contributed by atoms with Crippen molar-refractivity contribution in [3.05, 3.63) is 23.8 Å². The molecule has 1 rings (SSSR count). The number of benzene rings is 1. The van der Waals surface area contributed by atoms with Gasteiger partial charge in [0.05, 0.1) is 24.9 Å². The molecule has 0 radical (unpaired) electrons. The lowest BCUT2D eigenvalue weighted by Crippen LogP contribution is -2.12. The summed E-state index contributed by atoms with van der Waals surface area (Å²) in [6.45, 7) is 7.22. The molecule has 0 N–H and O–H groups in total. The SMILES string of the molecule is CCOc1cccc(C=O)c1OCCOC(C)C. The molecule has 0 heterocycles. The standard InChI is InChI=1S/C14H20O4/c1-4-16-13-7-5-6-12(10-15)14(13)18-9-8-17-11(2)3/h5-7,10-11H,4,8-9H2,1-3H3. The Labute approximate surface area is 108 Å². The molecule has 0 aliphatic heterocycles. The third-order valence-electron chi connectivity index (χ3n) is 2.22. The van der Waals surface area contributed by atoms with Gasteiger partial charge in [0.25, 0.3) is 0 Å². The highest BCUT2D eigenvalue weighted by atomic mass is 16.5. The Kier molecular flexibility index (Phi) is 6.22. The molecular weight excluding hydrogens is 232 g/mol. The van der Waals surface area contributed by atoms with Crippen molar-refractivity contribution in [3.63, 3.8) is 0 Å². The van der Waals surface area contributed by atoms with Gasteiger partial charge in [-0.15, -0.1) is 0 Å². The first-order valence-electron chi connectivity index (χ1n) is 6.14. The second-order valence-corrected chi connectivity index (χ2v) is 3.99. The number of hydrogen-bond acceptors (Lipinski definition) is 4. The number of carbonyl (C=O) groups excluding carboxylic acids is 1. The summed E-state index contributed by atoms with van der Waals surface area (Å²) in [4.78, 5) is 11.0. The quantitative estimate of drug-likeness (QED) is 0.527. The second-order valence-electron chi connectivity index (χ2n) is 3.99. The van der Waals surface area contributed by atoms with Gasteiger partial charge in [0.15, 0.2) is 17.8 Å². The highest BCUT2D eigenvalue weighted by molar-refractivity contribution is 5.81. The summed E-state index contributed by atoms with van der Waals surface area (Å²) in [6.07, 6.45) is 0.933. The van der Waals surface area contributed by atoms with E-state index in [4.69, 9.17) is 14.2 Å². The van der Waals surface area contributed by atoms with Crippen molar-refractivity contribution in [2.45, 2.75) is 26.9 Å². The number of para-hydroxylation sites is 1. The second kappa shape index (κ2) is 7.71. The van der Waals surface area contributed by atoms with Crippen LogP contribution in [0.4, 0.5) is 0 Å². The third kappa shape index (κ3) is 4.37. The van der Waals surface area contributed by atoms with Gasteiger partial charge in [-0.3, -0.25) is 4.79 Å². The summed E-state index contributed by atoms with van der Waals surface area (Å²) in [5.74, 6) is 1.08. The first-order chi connectivity index (χ1) is 8.69. The fourth-order valence-corrected chi connectivity index (χ4v) is 1.48. The molecule has 0 amide bonds. The molecule has 0 saturated heterocycles. The Morgan fingerprint density at radius 3 is 2.61 bits per heavy atom. The van der Waals surface area contributed by atoms with E-state index in [-0.39, 0.29) is 6.10 Å². The van der Waals surface area contributed by atoms with Gasteiger partial charge < -0.3 is 14.2 Å². The maximum absolute atomic E-state index is 11.0. The molecule has 0 aromatic heterocycles. The zero-order valence-corrected chi connectivity index (χ0v) is 11.1. The largest absolute Gasteiger partial charge is 0.490 e. The van der Waals surface area contributed by atoms with Crippen LogP contribution in [0, 0.1) is 0 Å². The number of hydrogen-bond donors (Lipinski definition) is 0. The van der Waals surface area contributed by atoms with Crippen LogP contribution in [0.15, 0.2) is 18.2 Å². The summed E-state index contributed by atoms with van der Waals surface area (Å²) in [6, 6.07) is 5.26. The predicted octanol–water partition coefficient (Wildman–Crippen LogP) is 2.70. The third-order valence-corrected chi connectivity index (χ3v) is 2.22. The van der Waals surface area contributed by atoms with Crippen LogP contribution in [-0.2, 0) is 4.74 Å². The molecule has 0 saturated carbocycles. The van der Waals surface area contributed by atoms with E-state index >= 15 is 0 Å². The summed E-state index contributed by atoms with van der Waals surface area (Å²) in [5, 5.41) is 0. The van der Waals surface area contributed by atoms with E-state index in [2.05, 4.69) is 0 Å². The van der Waals surface area contributed by atoms with E-state index in [0.29, 0.717) is 36.9 Å². The summed E-state index contributed by atoms with van der Waals surface area (Å²) in [7, 11) is 0. The molecule has 4 heteroatoms. The highest BCUT2D eigenvalue weighted by Crippen LogP contribution is 2.30. The van der Waals surface area contributed by atoms with Gasteiger partial charge in [-0.1, -0.05) is 6.07 Å². The van der Waals surface area contributed by atoms with E-state index in [0.717, 1.165) is 6.29 Å². The van der Waals surface area contributed by atoms with Crippen LogP contribution in [0.3, 0.4) is 0 Å². The molecule has 0 atom stereocenters. The van der Waals surface area contributed by atoms with Crippen molar-refractivity contribution in [3.8, 4) is 11.5 Å². The van der Waals surface area contributed by atoms with E-state index in [1.54, 1.807) is 18.2 Å². The number of rotatable bonds is 8. The minimum absolute atomic E-state index is 0.168. The summed E-state index contributed by atoms with van der Waals surface area (Å²) < 4.78 is 16.4. The normalized spacial score (nSPS) is 10.4. The van der Waals surface area contributed by atoms with Crippen LogP contribution in [0.25, 0.3) is 0 Å². The molecule has 0 fully saturated rings. The topological polar surface area (TPSA) is 44.8 Å². The zero-order valence-electron chi connectivity index (χ0n) is 11.1. The minimum atomic E-state index is 0.168. The summed E-state index contributed by atoms with van der Waals surface area (Å²) in [5.41, 5.74) is 0.491. The average Bonchev–Trinajstić information content (AvgIpc) is 2.35. The van der Waals surface area contributed by atoms with Crippen LogP contribution in [-0.4, -0.2) is 32.2 Å². The van der Waals surface area contributed by atoms with Crippen molar-refractivity contribution < 1.29 is 19.0 Å². The van der Waals surface area contributed by atoms with Crippen LogP contribution in [0.5, 0.6) is 11.5 Å². The fourth-order valence-electron chi connectivity index (χ4n) is 1.48. The van der Waals surface area contributed by atoms with Crippen molar-refractivity contribution in [2.75, 3.05) is 19.8 Å². The van der Waals surface area contributed by atoms with Gasteiger partial charge in [0.1, 0.15) is 6.61 Å². The molecule has 0 aliphatic rings. The average molecular weight is 252 g/mol. The molecule has 0 aliphatic carbocycles. The van der Waals surface area contributed by atoms with E-state index in [1.807, 2.05) is 20.8 Å². The Balaban J connectivity index is 2.68. The molecule has 1 aromatic rings. The van der Waals surface area contributed by atoms with Gasteiger partial charge in [0, 0.05) is 0 Å². The van der Waals surface area contributed by atoms with Gasteiger partial charge in [-0.25, -0.2) is 0 Å². The molecule has 1 aromatic carbocycles. The van der Waals surface area contributed by atoms with Crippen LogP contribution < -0.4 is 9.47 Å². The Morgan fingerprint density at radius 2 is 2.00 bits per heavy atom. The van der Waals surface area contributed by atoms with Gasteiger partial charge in [0.2, 0.25) is 0 Å². The Bertz CT molecular complexity index is 374. The highest BCUT2D eigenvalue weighted by Gasteiger charge is 2.10. The van der Waals surface area contributed by atoms with Gasteiger partial charge in [-0.2, -0.15) is 0 Å². The number of carbonyl (C=O) groups is 1. The smallest absolute Gasteiger partial charge is 0.171 e. The summed E-state index contributed by atoms with van der Waals surface area (Å²) >= 11 is 0. The van der Waals surface area contributed by atoms with Gasteiger partial charge >= 0.3 is 0 Å². The lowest BCUT2D eigenvalue weighted by molar-refractivity contribution is 0.0543. The van der Waals surface area contributed by atoms with E-state index in [9.17, 15) is 4.79 Å². The van der Waals surface area contributed by atoms with Crippen LogP contribution >= 0.6 is 0 Å². The molecular formula is C14H20O4. The molecule has 18 heavy (non-hydrogen) atoms. The number of aldehydes is 1. The lowest BCUT2D eigenvalue weighted by Gasteiger charge is -2.14. The van der Waals surface area contributed by atoms with Crippen LogP contribution in [0.1, 0.15) is 31.1 Å². The maximum atomic E-state index is 11.0. The van der Waals surface area contributed by atoms with Crippen molar-refractivity contribution in [1.82, 2.24) is 0 Å². The first kappa shape index (κ1) is 14.5. The first-order valence-corrected chi connectivity index (χ1v) is 6.14. The molecule has 0 bridgehead atoms. The van der Waals surface area contributed by atoms with Crippen molar-refractivity contribution in [2.24, 2.45) is 0 Å². The lowest BCUT2D eigenvalue weighted by atomic mass is 10.2. The number of ether oxygens (including phenoxy) is 3. The van der Waals surface area contributed by atoms with E-state index in [1.165, 1.54) is 0 Å². The van der Waals surface area contributed by atoms with Gasteiger partial charge in [-0.05, 0) is 32.9 Å². The molecule has 4 nitrogen and oxygen atoms in total. The molecule has 0 spiro atoms. The minimum Gasteiger partial charge on any atom is -0.490 e. The predicted molar refractivity (Wildman–Crippen MR) is 69.6 cm³/mol. The Morgan fingerprint density at radius 1 is 1.22 bits per heavy atom. The Hall–Kier alpha value is -1.55. The zero-order chi connectivity index (χ0) is 13.4. The van der Waals surface area contributed by atoms with Crippen molar-refractivity contribution >= 4 is 6.29 Å². The maximum Gasteiger partial charge on any atom is 0.171 e. The molecule has 0 unspecified atom stereocenters.